The van der Waals surface area contributed by atoms with E-state index in [-0.39, 0.29) is 11.2 Å². The molecule has 0 radical (unpaired) electrons. The van der Waals surface area contributed by atoms with Crippen molar-refractivity contribution in [2.75, 3.05) is 5.32 Å². The number of carbonyl (C=O) groups excluding carboxylic acids is 1. The van der Waals surface area contributed by atoms with Crippen LogP contribution in [0, 0.1) is 6.92 Å². The minimum Gasteiger partial charge on any atom is -0.325 e. The van der Waals surface area contributed by atoms with Gasteiger partial charge in [-0.3, -0.25) is 4.79 Å². The Hall–Kier alpha value is -3.19. The van der Waals surface area contributed by atoms with Gasteiger partial charge in [0.2, 0.25) is 11.1 Å². The molecular weight excluding hydrogens is 370 g/mol. The Morgan fingerprint density at radius 3 is 2.64 bits per heavy atom. The van der Waals surface area contributed by atoms with Crippen LogP contribution in [0.2, 0.25) is 0 Å². The lowest BCUT2D eigenvalue weighted by Crippen LogP contribution is -2.23. The van der Waals surface area contributed by atoms with E-state index in [1.165, 1.54) is 11.8 Å². The van der Waals surface area contributed by atoms with Crippen molar-refractivity contribution < 1.29 is 4.79 Å². The van der Waals surface area contributed by atoms with E-state index < -0.39 is 0 Å². The molecule has 0 fully saturated rings. The fraction of sp³-hybridized carbons (Fsp3) is 0.143. The number of aryl methyl sites for hydroxylation is 1. The number of anilines is 1. The summed E-state index contributed by atoms with van der Waals surface area (Å²) < 4.78 is 1.67. The minimum atomic E-state index is -0.368. The highest BCUT2D eigenvalue weighted by Gasteiger charge is 2.20. The lowest BCUT2D eigenvalue weighted by Gasteiger charge is -2.13. The third-order valence-electron chi connectivity index (χ3n) is 4.48. The Morgan fingerprint density at radius 1 is 1.04 bits per heavy atom. The van der Waals surface area contributed by atoms with Crippen LogP contribution >= 0.6 is 11.8 Å². The molecule has 140 valence electrons. The van der Waals surface area contributed by atoms with Gasteiger partial charge in [0.05, 0.1) is 10.9 Å². The second-order valence-electron chi connectivity index (χ2n) is 6.44. The maximum Gasteiger partial charge on any atom is 0.237 e. The Balaban J connectivity index is 1.53. The van der Waals surface area contributed by atoms with E-state index in [9.17, 15) is 4.79 Å². The highest BCUT2D eigenvalue weighted by Crippen LogP contribution is 2.27. The largest absolute Gasteiger partial charge is 0.325 e. The van der Waals surface area contributed by atoms with Crippen LogP contribution in [-0.2, 0) is 4.79 Å². The number of benzene rings is 3. The molecule has 0 unspecified atom stereocenters. The van der Waals surface area contributed by atoms with Crippen molar-refractivity contribution in [3.05, 3.63) is 72.3 Å². The second-order valence-corrected chi connectivity index (χ2v) is 7.74. The van der Waals surface area contributed by atoms with Gasteiger partial charge in [0.25, 0.3) is 0 Å². The van der Waals surface area contributed by atoms with Gasteiger partial charge in [-0.25, -0.2) is 0 Å². The summed E-state index contributed by atoms with van der Waals surface area (Å²) in [4.78, 5) is 12.8. The number of fused-ring (bicyclic) bond motifs is 1. The summed E-state index contributed by atoms with van der Waals surface area (Å²) in [5, 5.41) is 17.3. The zero-order valence-electron chi connectivity index (χ0n) is 15.5. The number of rotatable bonds is 5. The molecule has 0 aliphatic rings. The SMILES string of the molecule is Cc1ccccc1-n1nnnc1S[C@H](C)C(=O)Nc1cccc2ccccc12. The first-order chi connectivity index (χ1) is 13.6. The molecule has 1 atom stereocenters. The van der Waals surface area contributed by atoms with Crippen molar-refractivity contribution in [3.8, 4) is 5.69 Å². The number of aromatic nitrogens is 4. The van der Waals surface area contributed by atoms with Crippen LogP contribution in [0.1, 0.15) is 12.5 Å². The van der Waals surface area contributed by atoms with Gasteiger partial charge in [-0.05, 0) is 47.4 Å². The molecule has 0 aliphatic heterocycles. The predicted octanol–water partition coefficient (Wildman–Crippen LogP) is 4.24. The van der Waals surface area contributed by atoms with Crippen LogP contribution in [0.5, 0.6) is 0 Å². The fourth-order valence-corrected chi connectivity index (χ4v) is 3.79. The minimum absolute atomic E-state index is 0.0966. The first-order valence-electron chi connectivity index (χ1n) is 8.93. The molecule has 4 rings (SSSR count). The fourth-order valence-electron chi connectivity index (χ4n) is 2.99. The van der Waals surface area contributed by atoms with E-state index in [2.05, 4.69) is 20.8 Å². The summed E-state index contributed by atoms with van der Waals surface area (Å²) in [7, 11) is 0. The third-order valence-corrected chi connectivity index (χ3v) is 5.52. The standard InChI is InChI=1S/C21H19N5OS/c1-14-8-3-6-13-19(14)26-21(23-24-25-26)28-15(2)20(27)22-18-12-7-10-16-9-4-5-11-17(16)18/h3-13,15H,1-2H3,(H,22,27)/t15-/m1/s1. The zero-order valence-corrected chi connectivity index (χ0v) is 16.4. The summed E-state index contributed by atoms with van der Waals surface area (Å²) in [6.45, 7) is 3.85. The van der Waals surface area contributed by atoms with E-state index in [1.807, 2.05) is 80.6 Å². The Morgan fingerprint density at radius 2 is 1.79 bits per heavy atom. The second kappa shape index (κ2) is 7.82. The number of tetrazole rings is 1. The van der Waals surface area contributed by atoms with E-state index in [1.54, 1.807) is 4.68 Å². The summed E-state index contributed by atoms with van der Waals surface area (Å²) in [5.74, 6) is -0.0966. The number of hydrogen-bond donors (Lipinski definition) is 1. The van der Waals surface area contributed by atoms with Crippen LogP contribution in [0.25, 0.3) is 16.5 Å². The molecule has 3 aromatic carbocycles. The molecule has 1 heterocycles. The Bertz CT molecular complexity index is 1140. The predicted molar refractivity (Wildman–Crippen MR) is 112 cm³/mol. The number of thioether (sulfide) groups is 1. The van der Waals surface area contributed by atoms with E-state index >= 15 is 0 Å². The number of nitrogens with zero attached hydrogens (tertiary/aromatic N) is 4. The number of nitrogens with one attached hydrogen (secondary N) is 1. The number of carbonyl (C=O) groups is 1. The molecule has 0 spiro atoms. The molecule has 7 heteroatoms. The first kappa shape index (κ1) is 18.2. The molecule has 1 aromatic heterocycles. The number of para-hydroxylation sites is 1. The van der Waals surface area contributed by atoms with Crippen LogP contribution in [-0.4, -0.2) is 31.4 Å². The first-order valence-corrected chi connectivity index (χ1v) is 9.81. The van der Waals surface area contributed by atoms with Gasteiger partial charge in [-0.1, -0.05) is 66.4 Å². The summed E-state index contributed by atoms with van der Waals surface area (Å²) in [5.41, 5.74) is 2.76. The average molecular weight is 389 g/mol. The Kier molecular flexibility index (Phi) is 5.08. The van der Waals surface area contributed by atoms with E-state index in [4.69, 9.17) is 0 Å². The molecule has 0 bridgehead atoms. The average Bonchev–Trinajstić information content (AvgIpc) is 3.16. The van der Waals surface area contributed by atoms with Crippen molar-refractivity contribution in [1.82, 2.24) is 20.2 Å². The quantitative estimate of drug-likeness (QED) is 0.517. The van der Waals surface area contributed by atoms with Gasteiger partial charge in [0.1, 0.15) is 0 Å². The van der Waals surface area contributed by atoms with Crippen LogP contribution in [0.15, 0.2) is 71.9 Å². The molecule has 0 saturated heterocycles. The maximum absolute atomic E-state index is 12.8. The maximum atomic E-state index is 12.8. The molecule has 0 saturated carbocycles. The van der Waals surface area contributed by atoms with E-state index in [0.717, 1.165) is 27.7 Å². The highest BCUT2D eigenvalue weighted by molar-refractivity contribution is 8.00. The summed E-state index contributed by atoms with van der Waals surface area (Å²) in [6, 6.07) is 21.7. The van der Waals surface area contributed by atoms with Crippen LogP contribution < -0.4 is 5.32 Å². The molecule has 4 aromatic rings. The topological polar surface area (TPSA) is 72.7 Å². The number of hydrogen-bond acceptors (Lipinski definition) is 5. The van der Waals surface area contributed by atoms with Crippen molar-refractivity contribution in [2.24, 2.45) is 0 Å². The highest BCUT2D eigenvalue weighted by atomic mass is 32.2. The summed E-state index contributed by atoms with van der Waals surface area (Å²) >= 11 is 1.33. The molecule has 1 amide bonds. The van der Waals surface area contributed by atoms with Crippen molar-refractivity contribution in [3.63, 3.8) is 0 Å². The normalized spacial score (nSPS) is 12.1. The van der Waals surface area contributed by atoms with Gasteiger partial charge >= 0.3 is 0 Å². The molecule has 28 heavy (non-hydrogen) atoms. The monoisotopic (exact) mass is 389 g/mol. The van der Waals surface area contributed by atoms with Crippen molar-refractivity contribution in [2.45, 2.75) is 24.3 Å². The van der Waals surface area contributed by atoms with Crippen molar-refractivity contribution >= 4 is 34.1 Å². The van der Waals surface area contributed by atoms with Crippen molar-refractivity contribution in [1.29, 1.82) is 0 Å². The summed E-state index contributed by atoms with van der Waals surface area (Å²) in [6.07, 6.45) is 0. The van der Waals surface area contributed by atoms with Gasteiger partial charge in [0, 0.05) is 11.1 Å². The third kappa shape index (κ3) is 3.61. The van der Waals surface area contributed by atoms with Gasteiger partial charge in [-0.15, -0.1) is 5.10 Å². The molecule has 1 N–H and O–H groups in total. The zero-order chi connectivity index (χ0) is 19.5. The molecule has 0 aliphatic carbocycles. The lowest BCUT2D eigenvalue weighted by molar-refractivity contribution is -0.115. The van der Waals surface area contributed by atoms with E-state index in [0.29, 0.717) is 5.16 Å². The number of amides is 1. The smallest absolute Gasteiger partial charge is 0.237 e. The van der Waals surface area contributed by atoms with Crippen LogP contribution in [0.4, 0.5) is 5.69 Å². The molecule has 6 nitrogen and oxygen atoms in total. The van der Waals surface area contributed by atoms with Crippen LogP contribution in [0.3, 0.4) is 0 Å². The molecular formula is C21H19N5OS. The lowest BCUT2D eigenvalue weighted by atomic mass is 10.1. The Labute approximate surface area is 167 Å². The van der Waals surface area contributed by atoms with Gasteiger partial charge in [-0.2, -0.15) is 4.68 Å². The van der Waals surface area contributed by atoms with Gasteiger partial charge in [0.15, 0.2) is 0 Å². The van der Waals surface area contributed by atoms with Gasteiger partial charge < -0.3 is 5.32 Å².